The molecule has 0 bridgehead atoms. The van der Waals surface area contributed by atoms with Crippen LogP contribution in [-0.2, 0) is 14.3 Å². The van der Waals surface area contributed by atoms with Gasteiger partial charge in [0.1, 0.15) is 6.61 Å². The lowest BCUT2D eigenvalue weighted by atomic mass is 10.0. The number of hydrogen-bond acceptors (Lipinski definition) is 6. The standard InChI is InChI=1S/C18H23N3O5/c1-5-25-17(23)15-11(2)19-18(24)20-14(15)10-26-16(22)12-6-8-13(9-7-12)21(3)4/h6-9,11H,5,10H2,1-4H3,(H2,19,20,24)/t11-/m1/s1. The van der Waals surface area contributed by atoms with Crippen molar-refractivity contribution in [2.45, 2.75) is 19.9 Å². The number of hydrogen-bond donors (Lipinski definition) is 2. The molecule has 1 heterocycles. The number of nitrogens with one attached hydrogen (secondary N) is 2. The summed E-state index contributed by atoms with van der Waals surface area (Å²) in [6, 6.07) is 5.90. The lowest BCUT2D eigenvalue weighted by molar-refractivity contribution is -0.139. The number of carbonyl (C=O) groups excluding carboxylic acids is 3. The molecule has 1 atom stereocenters. The van der Waals surface area contributed by atoms with Gasteiger partial charge in [-0.05, 0) is 38.1 Å². The molecule has 8 heteroatoms. The maximum absolute atomic E-state index is 12.2. The number of rotatable bonds is 6. The van der Waals surface area contributed by atoms with Gasteiger partial charge in [-0.1, -0.05) is 0 Å². The van der Waals surface area contributed by atoms with Crippen LogP contribution in [0.3, 0.4) is 0 Å². The Hall–Kier alpha value is -3.03. The Kier molecular flexibility index (Phi) is 6.21. The highest BCUT2D eigenvalue weighted by Crippen LogP contribution is 2.16. The van der Waals surface area contributed by atoms with Crippen LogP contribution in [0.1, 0.15) is 24.2 Å². The minimum Gasteiger partial charge on any atom is -0.463 e. The largest absolute Gasteiger partial charge is 0.463 e. The molecule has 0 unspecified atom stereocenters. The van der Waals surface area contributed by atoms with E-state index in [0.29, 0.717) is 5.56 Å². The predicted molar refractivity (Wildman–Crippen MR) is 95.8 cm³/mol. The fourth-order valence-electron chi connectivity index (χ4n) is 2.51. The molecule has 8 nitrogen and oxygen atoms in total. The number of amides is 2. The van der Waals surface area contributed by atoms with Crippen molar-refractivity contribution >= 4 is 23.7 Å². The van der Waals surface area contributed by atoms with Crippen molar-refractivity contribution < 1.29 is 23.9 Å². The van der Waals surface area contributed by atoms with Crippen molar-refractivity contribution in [1.82, 2.24) is 10.6 Å². The van der Waals surface area contributed by atoms with Gasteiger partial charge in [0, 0.05) is 19.8 Å². The van der Waals surface area contributed by atoms with Crippen molar-refractivity contribution in [2.24, 2.45) is 0 Å². The van der Waals surface area contributed by atoms with Gasteiger partial charge in [-0.2, -0.15) is 0 Å². The summed E-state index contributed by atoms with van der Waals surface area (Å²) in [7, 11) is 3.80. The maximum Gasteiger partial charge on any atom is 0.338 e. The zero-order chi connectivity index (χ0) is 19.3. The molecular weight excluding hydrogens is 338 g/mol. The second-order valence-electron chi connectivity index (χ2n) is 5.95. The molecule has 0 spiro atoms. The maximum atomic E-state index is 12.2. The van der Waals surface area contributed by atoms with E-state index in [4.69, 9.17) is 9.47 Å². The Bertz CT molecular complexity index is 725. The van der Waals surface area contributed by atoms with E-state index in [-0.39, 0.29) is 24.5 Å². The van der Waals surface area contributed by atoms with Gasteiger partial charge in [-0.25, -0.2) is 14.4 Å². The lowest BCUT2D eigenvalue weighted by Gasteiger charge is -2.26. The number of nitrogens with zero attached hydrogens (tertiary/aromatic N) is 1. The first kappa shape index (κ1) is 19.3. The fourth-order valence-corrected chi connectivity index (χ4v) is 2.51. The molecule has 1 aromatic carbocycles. The SMILES string of the molecule is CCOC(=O)C1=C(COC(=O)c2ccc(N(C)C)cc2)NC(=O)N[C@@H]1C. The van der Waals surface area contributed by atoms with Crippen LogP contribution in [-0.4, -0.2) is 51.3 Å². The van der Waals surface area contributed by atoms with Crippen molar-refractivity contribution in [3.8, 4) is 0 Å². The molecule has 1 aromatic rings. The van der Waals surface area contributed by atoms with Gasteiger partial charge in [0.2, 0.25) is 0 Å². The van der Waals surface area contributed by atoms with E-state index in [9.17, 15) is 14.4 Å². The average Bonchev–Trinajstić information content (AvgIpc) is 2.59. The van der Waals surface area contributed by atoms with E-state index >= 15 is 0 Å². The van der Waals surface area contributed by atoms with Gasteiger partial charge in [0.05, 0.1) is 29.5 Å². The Morgan fingerprint density at radius 1 is 1.12 bits per heavy atom. The van der Waals surface area contributed by atoms with Crippen molar-refractivity contribution in [1.29, 1.82) is 0 Å². The smallest absolute Gasteiger partial charge is 0.338 e. The molecule has 2 amide bonds. The summed E-state index contributed by atoms with van der Waals surface area (Å²) >= 11 is 0. The molecule has 140 valence electrons. The monoisotopic (exact) mass is 361 g/mol. The topological polar surface area (TPSA) is 97.0 Å². The van der Waals surface area contributed by atoms with Crippen LogP contribution in [0.15, 0.2) is 35.5 Å². The van der Waals surface area contributed by atoms with Crippen LogP contribution in [0.4, 0.5) is 10.5 Å². The summed E-state index contributed by atoms with van der Waals surface area (Å²) in [5, 5.41) is 5.09. The van der Waals surface area contributed by atoms with Gasteiger partial charge in [0.25, 0.3) is 0 Å². The van der Waals surface area contributed by atoms with E-state index in [1.807, 2.05) is 19.0 Å². The highest BCUT2D eigenvalue weighted by Gasteiger charge is 2.30. The quantitative estimate of drug-likeness (QED) is 0.744. The van der Waals surface area contributed by atoms with Crippen LogP contribution in [0, 0.1) is 0 Å². The molecule has 0 radical (unpaired) electrons. The predicted octanol–water partition coefficient (Wildman–Crippen LogP) is 1.43. The van der Waals surface area contributed by atoms with Crippen LogP contribution >= 0.6 is 0 Å². The van der Waals surface area contributed by atoms with E-state index in [2.05, 4.69) is 10.6 Å². The van der Waals surface area contributed by atoms with Gasteiger partial charge >= 0.3 is 18.0 Å². The van der Waals surface area contributed by atoms with E-state index in [1.165, 1.54) is 0 Å². The molecule has 2 rings (SSSR count). The van der Waals surface area contributed by atoms with E-state index in [0.717, 1.165) is 5.69 Å². The molecule has 0 aliphatic carbocycles. The van der Waals surface area contributed by atoms with E-state index < -0.39 is 24.0 Å². The summed E-state index contributed by atoms with van der Waals surface area (Å²) < 4.78 is 10.3. The molecule has 2 N–H and O–H groups in total. The summed E-state index contributed by atoms with van der Waals surface area (Å²) in [4.78, 5) is 37.9. The summed E-state index contributed by atoms with van der Waals surface area (Å²) in [5.41, 5.74) is 1.79. The number of urea groups is 1. The third-order valence-corrected chi connectivity index (χ3v) is 3.83. The molecular formula is C18H23N3O5. The Balaban J connectivity index is 2.13. The second kappa shape index (κ2) is 8.37. The number of ether oxygens (including phenoxy) is 2. The zero-order valence-electron chi connectivity index (χ0n) is 15.3. The summed E-state index contributed by atoms with van der Waals surface area (Å²) in [5.74, 6) is -1.11. The van der Waals surface area contributed by atoms with Gasteiger partial charge < -0.3 is 25.0 Å². The van der Waals surface area contributed by atoms with Crippen molar-refractivity contribution in [3.63, 3.8) is 0 Å². The van der Waals surface area contributed by atoms with Gasteiger partial charge in [-0.3, -0.25) is 0 Å². The number of anilines is 1. The van der Waals surface area contributed by atoms with E-state index in [1.54, 1.807) is 38.1 Å². The minimum absolute atomic E-state index is 0.203. The molecule has 0 aromatic heterocycles. The zero-order valence-corrected chi connectivity index (χ0v) is 15.3. The third kappa shape index (κ3) is 4.53. The van der Waals surface area contributed by atoms with Crippen molar-refractivity contribution in [3.05, 3.63) is 41.1 Å². The Labute approximate surface area is 152 Å². The molecule has 0 saturated heterocycles. The highest BCUT2D eigenvalue weighted by molar-refractivity contribution is 5.95. The molecule has 0 saturated carbocycles. The molecule has 1 aliphatic heterocycles. The second-order valence-corrected chi connectivity index (χ2v) is 5.95. The van der Waals surface area contributed by atoms with Crippen molar-refractivity contribution in [2.75, 3.05) is 32.2 Å². The number of esters is 2. The molecule has 1 aliphatic rings. The van der Waals surface area contributed by atoms with Crippen LogP contribution in [0.2, 0.25) is 0 Å². The van der Waals surface area contributed by atoms with Gasteiger partial charge in [-0.15, -0.1) is 0 Å². The highest BCUT2D eigenvalue weighted by atomic mass is 16.5. The molecule has 26 heavy (non-hydrogen) atoms. The fraction of sp³-hybridized carbons (Fsp3) is 0.389. The first-order valence-corrected chi connectivity index (χ1v) is 8.25. The first-order chi connectivity index (χ1) is 12.3. The normalized spacial score (nSPS) is 16.5. The first-order valence-electron chi connectivity index (χ1n) is 8.25. The lowest BCUT2D eigenvalue weighted by Crippen LogP contribution is -2.50. The van der Waals surface area contributed by atoms with Crippen LogP contribution in [0.5, 0.6) is 0 Å². The van der Waals surface area contributed by atoms with Gasteiger partial charge in [0.15, 0.2) is 0 Å². The Morgan fingerprint density at radius 2 is 1.77 bits per heavy atom. The van der Waals surface area contributed by atoms with Crippen LogP contribution < -0.4 is 15.5 Å². The number of benzene rings is 1. The number of carbonyl (C=O) groups is 3. The van der Waals surface area contributed by atoms with Crippen LogP contribution in [0.25, 0.3) is 0 Å². The minimum atomic E-state index is -0.561. The Morgan fingerprint density at radius 3 is 2.35 bits per heavy atom. The average molecular weight is 361 g/mol. The summed E-state index contributed by atoms with van der Waals surface area (Å²) in [6.07, 6.45) is 0. The summed E-state index contributed by atoms with van der Waals surface area (Å²) in [6.45, 7) is 3.32. The third-order valence-electron chi connectivity index (χ3n) is 3.83. The molecule has 0 fully saturated rings.